The highest BCUT2D eigenvalue weighted by atomic mass is 15.2. The molecule has 0 saturated carbocycles. The first-order valence-corrected chi connectivity index (χ1v) is 2.53. The lowest BCUT2D eigenvalue weighted by Crippen LogP contribution is -2.33. The fourth-order valence-corrected chi connectivity index (χ4v) is 0.604. The molecular weight excluding hydrogens is 88.1 g/mol. The van der Waals surface area contributed by atoms with Gasteiger partial charge in [-0.3, -0.25) is 10.6 Å². The second-order valence-electron chi connectivity index (χ2n) is 2.55. The van der Waals surface area contributed by atoms with E-state index in [0.29, 0.717) is 0 Å². The first-order chi connectivity index (χ1) is 3.21. The third-order valence-electron chi connectivity index (χ3n) is 1.11. The maximum atomic E-state index is 3.16. The molecule has 1 rings (SSSR count). The summed E-state index contributed by atoms with van der Waals surface area (Å²) in [4.78, 5) is 0. The van der Waals surface area contributed by atoms with Gasteiger partial charge in [-0.25, -0.2) is 0 Å². The van der Waals surface area contributed by atoms with E-state index in [1.54, 1.807) is 0 Å². The molecule has 1 fully saturated rings. The van der Waals surface area contributed by atoms with Crippen LogP contribution in [-0.4, -0.2) is 12.1 Å². The Bertz CT molecular complexity index is 60.5. The van der Waals surface area contributed by atoms with Crippen molar-refractivity contribution in [2.45, 2.75) is 19.4 Å². The lowest BCUT2D eigenvalue weighted by Gasteiger charge is -2.14. The summed E-state index contributed by atoms with van der Waals surface area (Å²) < 4.78 is 0. The molecule has 0 spiro atoms. The van der Waals surface area contributed by atoms with Gasteiger partial charge in [0.15, 0.2) is 0 Å². The number of nitrogens with one attached hydrogen (secondary N) is 2. The second-order valence-corrected chi connectivity index (χ2v) is 2.55. The average molecular weight is 99.2 g/mol. The van der Waals surface area contributed by atoms with Gasteiger partial charge in [0, 0.05) is 12.1 Å². The van der Waals surface area contributed by atoms with Crippen LogP contribution in [0.25, 0.3) is 0 Å². The Morgan fingerprint density at radius 2 is 2.29 bits per heavy atom. The van der Waals surface area contributed by atoms with Crippen LogP contribution in [0, 0.1) is 6.67 Å². The van der Waals surface area contributed by atoms with Crippen molar-refractivity contribution in [3.63, 3.8) is 0 Å². The van der Waals surface area contributed by atoms with Crippen molar-refractivity contribution in [3.05, 3.63) is 6.67 Å². The summed E-state index contributed by atoms with van der Waals surface area (Å²) in [6, 6.07) is 0. The normalized spacial score (nSPS) is 28.3. The summed E-state index contributed by atoms with van der Waals surface area (Å²) in [5.41, 5.74) is 0.278. The number of rotatable bonds is 0. The third-order valence-corrected chi connectivity index (χ3v) is 1.11. The van der Waals surface area contributed by atoms with Crippen LogP contribution in [0.4, 0.5) is 0 Å². The fourth-order valence-electron chi connectivity index (χ4n) is 0.604. The Hall–Kier alpha value is -0.0800. The zero-order valence-corrected chi connectivity index (χ0v) is 4.78. The predicted molar refractivity (Wildman–Crippen MR) is 29.5 cm³/mol. The van der Waals surface area contributed by atoms with Crippen molar-refractivity contribution in [2.75, 3.05) is 6.54 Å². The molecule has 1 aliphatic heterocycles. The van der Waals surface area contributed by atoms with Gasteiger partial charge in [-0.15, -0.1) is 0 Å². The van der Waals surface area contributed by atoms with Gasteiger partial charge in [-0.1, -0.05) is 0 Å². The van der Waals surface area contributed by atoms with Crippen molar-refractivity contribution in [3.8, 4) is 0 Å². The van der Waals surface area contributed by atoms with Gasteiger partial charge >= 0.3 is 0 Å². The van der Waals surface area contributed by atoms with Gasteiger partial charge in [0.1, 0.15) is 0 Å². The van der Waals surface area contributed by atoms with Crippen LogP contribution in [0.2, 0.25) is 0 Å². The number of hydrogen-bond donors (Lipinski definition) is 2. The predicted octanol–water partition coefficient (Wildman–Crippen LogP) is 0.0771. The molecule has 0 amide bonds. The van der Waals surface area contributed by atoms with E-state index in [2.05, 4.69) is 24.5 Å². The van der Waals surface area contributed by atoms with Crippen molar-refractivity contribution >= 4 is 0 Å². The van der Waals surface area contributed by atoms with Crippen molar-refractivity contribution < 1.29 is 0 Å². The minimum atomic E-state index is 0.278. The summed E-state index contributed by atoms with van der Waals surface area (Å²) in [5.74, 6) is 0. The summed E-state index contributed by atoms with van der Waals surface area (Å²) >= 11 is 0. The van der Waals surface area contributed by atoms with E-state index >= 15 is 0 Å². The Morgan fingerprint density at radius 3 is 2.43 bits per heavy atom. The topological polar surface area (TPSA) is 24.1 Å². The third kappa shape index (κ3) is 1.14. The van der Waals surface area contributed by atoms with Gasteiger partial charge in [-0.2, -0.15) is 0 Å². The highest BCUT2D eigenvalue weighted by Crippen LogP contribution is 2.03. The lowest BCUT2D eigenvalue weighted by molar-refractivity contribution is 0.497. The summed E-state index contributed by atoms with van der Waals surface area (Å²) in [6.07, 6.45) is 0. The Labute approximate surface area is 44.3 Å². The maximum absolute atomic E-state index is 3.16. The molecule has 2 N–H and O–H groups in total. The molecule has 2 nitrogen and oxygen atoms in total. The van der Waals surface area contributed by atoms with E-state index in [0.717, 1.165) is 6.54 Å². The van der Waals surface area contributed by atoms with Crippen LogP contribution in [0.3, 0.4) is 0 Å². The Kier molecular flexibility index (Phi) is 1.05. The van der Waals surface area contributed by atoms with Crippen molar-refractivity contribution in [2.24, 2.45) is 0 Å². The number of hydrogen-bond acceptors (Lipinski definition) is 2. The van der Waals surface area contributed by atoms with Crippen LogP contribution in [0.5, 0.6) is 0 Å². The zero-order chi connectivity index (χ0) is 5.33. The Morgan fingerprint density at radius 1 is 1.57 bits per heavy atom. The molecule has 0 aromatic rings. The van der Waals surface area contributed by atoms with Gasteiger partial charge in [0.05, 0.1) is 6.67 Å². The van der Waals surface area contributed by atoms with Gasteiger partial charge < -0.3 is 0 Å². The molecule has 0 atom stereocenters. The molecule has 2 heteroatoms. The first-order valence-electron chi connectivity index (χ1n) is 2.53. The van der Waals surface area contributed by atoms with Crippen LogP contribution in [0.15, 0.2) is 0 Å². The monoisotopic (exact) mass is 99.1 g/mol. The minimum absolute atomic E-state index is 0.278. The van der Waals surface area contributed by atoms with Crippen molar-refractivity contribution in [1.29, 1.82) is 0 Å². The SMILES string of the molecule is CC1(C)CN[CH]N1. The molecule has 0 aromatic carbocycles. The zero-order valence-electron chi connectivity index (χ0n) is 4.78. The van der Waals surface area contributed by atoms with E-state index in [4.69, 9.17) is 0 Å². The van der Waals surface area contributed by atoms with E-state index in [1.165, 1.54) is 0 Å². The second kappa shape index (κ2) is 1.46. The molecule has 0 bridgehead atoms. The standard InChI is InChI=1S/C5H11N2/c1-5(2)3-6-4-7-5/h4,6-7H,3H2,1-2H3. The van der Waals surface area contributed by atoms with Crippen LogP contribution in [-0.2, 0) is 0 Å². The quantitative estimate of drug-likeness (QED) is 0.449. The lowest BCUT2D eigenvalue weighted by atomic mass is 10.1. The highest BCUT2D eigenvalue weighted by molar-refractivity contribution is 4.90. The van der Waals surface area contributed by atoms with Gasteiger partial charge in [-0.05, 0) is 13.8 Å². The summed E-state index contributed by atoms with van der Waals surface area (Å²) in [5, 5.41) is 6.24. The molecule has 0 unspecified atom stereocenters. The first kappa shape index (κ1) is 5.06. The van der Waals surface area contributed by atoms with E-state index in [1.807, 2.05) is 6.67 Å². The van der Waals surface area contributed by atoms with Gasteiger partial charge in [0.25, 0.3) is 0 Å². The molecule has 41 valence electrons. The smallest absolute Gasteiger partial charge is 0.0871 e. The molecule has 7 heavy (non-hydrogen) atoms. The van der Waals surface area contributed by atoms with Crippen molar-refractivity contribution in [1.82, 2.24) is 10.6 Å². The molecule has 1 heterocycles. The Balaban J connectivity index is 2.40. The summed E-state index contributed by atoms with van der Waals surface area (Å²) in [7, 11) is 0. The van der Waals surface area contributed by atoms with E-state index in [-0.39, 0.29) is 5.54 Å². The van der Waals surface area contributed by atoms with E-state index in [9.17, 15) is 0 Å². The molecule has 1 saturated heterocycles. The minimum Gasteiger partial charge on any atom is -0.298 e. The highest BCUT2D eigenvalue weighted by Gasteiger charge is 2.20. The van der Waals surface area contributed by atoms with E-state index < -0.39 is 0 Å². The summed E-state index contributed by atoms with van der Waals surface area (Å²) in [6.45, 7) is 7.24. The van der Waals surface area contributed by atoms with Gasteiger partial charge in [0.2, 0.25) is 0 Å². The largest absolute Gasteiger partial charge is 0.298 e. The molecule has 1 aliphatic rings. The maximum Gasteiger partial charge on any atom is 0.0871 e. The molecular formula is C5H11N2. The van der Waals surface area contributed by atoms with Crippen LogP contribution >= 0.6 is 0 Å². The fraction of sp³-hybridized carbons (Fsp3) is 0.800. The molecule has 0 aromatic heterocycles. The van der Waals surface area contributed by atoms with Crippen LogP contribution in [0.1, 0.15) is 13.8 Å². The average Bonchev–Trinajstić information content (AvgIpc) is 1.84. The van der Waals surface area contributed by atoms with Crippen LogP contribution < -0.4 is 10.6 Å². The molecule has 0 aliphatic carbocycles. The molecule has 1 radical (unpaired) electrons.